The SMILES string of the molecule is CCCCCCCCCCCCCCCCCCCCCCCCCCCCCCCCCCCCCCCCCCCCCCCCCc1cccc(S(=O)(=O)[O-])c1.CCCCCCCCCCCCCCCCCCCCCCCCCCCCCCCCCCCCCCCCCCCCCCCCCc1cccc(S(=O)(=O)[O-])c1.[Mg+2]. The molecule has 0 spiro atoms. The molecule has 0 amide bonds. The average molecular weight is 1710 g/mol. The van der Waals surface area contributed by atoms with Crippen LogP contribution in [0.3, 0.4) is 0 Å². The Kier molecular flexibility index (Phi) is 96.8. The zero-order valence-electron chi connectivity index (χ0n) is 80.5. The Morgan fingerprint density at radius 2 is 0.269 bits per heavy atom. The Balaban J connectivity index is 0.00000232. The van der Waals surface area contributed by atoms with Crippen LogP contribution in [0.4, 0.5) is 0 Å². The number of aryl methyl sites for hydroxylation is 2. The summed E-state index contributed by atoms with van der Waals surface area (Å²) in [7, 11) is -8.70. The average Bonchev–Trinajstić information content (AvgIpc) is 0.862. The molecule has 696 valence electrons. The molecule has 0 N–H and O–H groups in total. The first-order valence-corrected chi connectivity index (χ1v) is 57.0. The van der Waals surface area contributed by atoms with E-state index < -0.39 is 20.2 Å². The Morgan fingerprint density at radius 1 is 0.168 bits per heavy atom. The maximum absolute atomic E-state index is 11.2. The molecular formula is C110H206MgO6S2. The zero-order valence-corrected chi connectivity index (χ0v) is 83.5. The first kappa shape index (κ1) is 118. The van der Waals surface area contributed by atoms with E-state index in [1.165, 1.54) is 615 Å². The van der Waals surface area contributed by atoms with Crippen molar-refractivity contribution in [3.8, 4) is 0 Å². The van der Waals surface area contributed by atoms with Crippen LogP contribution in [0, 0.1) is 0 Å². The van der Waals surface area contributed by atoms with E-state index in [1.54, 1.807) is 12.1 Å². The van der Waals surface area contributed by atoms with Crippen molar-refractivity contribution in [1.82, 2.24) is 0 Å². The van der Waals surface area contributed by atoms with Gasteiger partial charge in [-0.05, 0) is 61.1 Å². The Labute approximate surface area is 763 Å². The second-order valence-corrected chi connectivity index (χ2v) is 41.0. The monoisotopic (exact) mass is 1710 g/mol. The maximum Gasteiger partial charge on any atom is 2.00 e. The minimum atomic E-state index is -4.35. The quantitative estimate of drug-likeness (QED) is 0.0370. The molecular weight excluding hydrogens is 1510 g/mol. The molecule has 2 aromatic carbocycles. The largest absolute Gasteiger partial charge is 2.00 e. The van der Waals surface area contributed by atoms with Crippen LogP contribution in [0.15, 0.2) is 58.3 Å². The van der Waals surface area contributed by atoms with E-state index in [-0.39, 0.29) is 32.8 Å². The van der Waals surface area contributed by atoms with Gasteiger partial charge in [0, 0.05) is 0 Å². The van der Waals surface area contributed by atoms with Crippen molar-refractivity contribution in [2.24, 2.45) is 0 Å². The Bertz CT molecular complexity index is 2310. The minimum absolute atomic E-state index is 0. The normalized spacial score (nSPS) is 11.8. The summed E-state index contributed by atoms with van der Waals surface area (Å²) in [6, 6.07) is 13.0. The van der Waals surface area contributed by atoms with E-state index in [0.717, 1.165) is 36.8 Å². The number of unbranched alkanes of at least 4 members (excludes halogenated alkanes) is 92. The van der Waals surface area contributed by atoms with Crippen molar-refractivity contribution < 1.29 is 25.9 Å². The summed E-state index contributed by atoms with van der Waals surface area (Å²) in [5, 5.41) is 0. The number of rotatable bonds is 98. The Hall–Kier alpha value is -0.974. The smallest absolute Gasteiger partial charge is 0.744 e. The predicted molar refractivity (Wildman–Crippen MR) is 527 cm³/mol. The summed E-state index contributed by atoms with van der Waals surface area (Å²) in [5.41, 5.74) is 1.91. The van der Waals surface area contributed by atoms with Gasteiger partial charge in [-0.2, -0.15) is 0 Å². The molecule has 6 nitrogen and oxygen atoms in total. The van der Waals surface area contributed by atoms with Gasteiger partial charge in [0.25, 0.3) is 0 Å². The summed E-state index contributed by atoms with van der Waals surface area (Å²) >= 11 is 0. The van der Waals surface area contributed by atoms with E-state index in [9.17, 15) is 25.9 Å². The van der Waals surface area contributed by atoms with Gasteiger partial charge in [0.2, 0.25) is 0 Å². The van der Waals surface area contributed by atoms with Crippen LogP contribution in [-0.2, 0) is 33.1 Å². The van der Waals surface area contributed by atoms with Gasteiger partial charge in [-0.1, -0.05) is 629 Å². The van der Waals surface area contributed by atoms with Gasteiger partial charge in [-0.3, -0.25) is 0 Å². The van der Waals surface area contributed by atoms with E-state index >= 15 is 0 Å². The molecule has 0 saturated carbocycles. The molecule has 2 aromatic rings. The summed E-state index contributed by atoms with van der Waals surface area (Å²) in [4.78, 5) is -0.208. The molecule has 2 rings (SSSR count). The summed E-state index contributed by atoms with van der Waals surface area (Å²) in [5.74, 6) is 0. The van der Waals surface area contributed by atoms with Crippen molar-refractivity contribution in [2.45, 2.75) is 640 Å². The van der Waals surface area contributed by atoms with E-state index in [2.05, 4.69) is 13.8 Å². The fourth-order valence-corrected chi connectivity index (χ4v) is 19.5. The van der Waals surface area contributed by atoms with Crippen LogP contribution in [0.1, 0.15) is 629 Å². The third kappa shape index (κ3) is 93.0. The fourth-order valence-electron chi connectivity index (χ4n) is 18.4. The van der Waals surface area contributed by atoms with E-state index in [1.807, 2.05) is 12.1 Å². The second kappa shape index (κ2) is 97.6. The molecule has 9 heteroatoms. The van der Waals surface area contributed by atoms with Crippen LogP contribution in [-0.4, -0.2) is 49.0 Å². The summed E-state index contributed by atoms with van der Waals surface area (Å²) < 4.78 is 67.1. The van der Waals surface area contributed by atoms with Crippen LogP contribution in [0.5, 0.6) is 0 Å². The first-order valence-electron chi connectivity index (χ1n) is 54.2. The molecule has 0 aromatic heterocycles. The number of benzene rings is 2. The van der Waals surface area contributed by atoms with Crippen LogP contribution < -0.4 is 0 Å². The third-order valence-electron chi connectivity index (χ3n) is 26.5. The fraction of sp³-hybridized carbons (Fsp3) is 0.891. The standard InChI is InChI=1S/2C55H104O3S.Mg/c2*1-2-3-4-5-6-7-8-9-10-11-12-13-14-15-16-17-18-19-20-21-22-23-24-25-26-27-28-29-30-31-32-33-34-35-36-37-38-39-40-41-42-43-44-45-46-47-48-50-54-51-49-52-55(53-54)59(56,57)58;/h2*49,51-53H,2-48,50H2,1H3,(H,56,57,58);/q;;+2/p-2. The molecule has 0 aliphatic rings. The first-order chi connectivity index (χ1) is 58.1. The number of hydrogen-bond donors (Lipinski definition) is 0. The zero-order chi connectivity index (χ0) is 84.8. The molecule has 0 heterocycles. The maximum atomic E-state index is 11.2. The molecule has 119 heavy (non-hydrogen) atoms. The van der Waals surface area contributed by atoms with Gasteiger partial charge in [0.15, 0.2) is 0 Å². The molecule has 0 saturated heterocycles. The van der Waals surface area contributed by atoms with Crippen molar-refractivity contribution in [3.63, 3.8) is 0 Å². The molecule has 0 unspecified atom stereocenters. The minimum Gasteiger partial charge on any atom is -0.744 e. The van der Waals surface area contributed by atoms with Crippen molar-refractivity contribution in [2.75, 3.05) is 0 Å². The Morgan fingerprint density at radius 3 is 0.370 bits per heavy atom. The third-order valence-corrected chi connectivity index (χ3v) is 28.2. The van der Waals surface area contributed by atoms with E-state index in [4.69, 9.17) is 0 Å². The van der Waals surface area contributed by atoms with Crippen molar-refractivity contribution in [3.05, 3.63) is 59.7 Å². The topological polar surface area (TPSA) is 114 Å². The summed E-state index contributed by atoms with van der Waals surface area (Å²) in [6.07, 6.45) is 137. The van der Waals surface area contributed by atoms with Gasteiger partial charge < -0.3 is 9.11 Å². The van der Waals surface area contributed by atoms with Crippen LogP contribution in [0.25, 0.3) is 0 Å². The second-order valence-electron chi connectivity index (χ2n) is 38.2. The molecule has 0 aliphatic heterocycles. The molecule has 0 atom stereocenters. The molecule has 0 fully saturated rings. The molecule has 0 bridgehead atoms. The van der Waals surface area contributed by atoms with Gasteiger partial charge in [-0.25, -0.2) is 16.8 Å². The van der Waals surface area contributed by atoms with Crippen molar-refractivity contribution in [1.29, 1.82) is 0 Å². The predicted octanol–water partition coefficient (Wildman–Crippen LogP) is 38.6. The van der Waals surface area contributed by atoms with Crippen LogP contribution in [0.2, 0.25) is 0 Å². The van der Waals surface area contributed by atoms with Crippen LogP contribution >= 0.6 is 0 Å². The van der Waals surface area contributed by atoms with Gasteiger partial charge in [0.05, 0.1) is 9.79 Å². The van der Waals surface area contributed by atoms with Gasteiger partial charge >= 0.3 is 23.1 Å². The van der Waals surface area contributed by atoms with Crippen molar-refractivity contribution >= 4 is 43.3 Å². The van der Waals surface area contributed by atoms with Gasteiger partial charge in [0.1, 0.15) is 20.2 Å². The van der Waals surface area contributed by atoms with E-state index in [0.29, 0.717) is 0 Å². The molecule has 0 aliphatic carbocycles. The summed E-state index contributed by atoms with van der Waals surface area (Å²) in [6.45, 7) is 4.62. The number of hydrogen-bond acceptors (Lipinski definition) is 6. The van der Waals surface area contributed by atoms with Gasteiger partial charge in [-0.15, -0.1) is 0 Å². The molecule has 0 radical (unpaired) electrons.